The molecule has 3 aromatic carbocycles. The van der Waals surface area contributed by atoms with E-state index in [9.17, 15) is 22.8 Å². The Morgan fingerprint density at radius 3 is 2.06 bits per heavy atom. The van der Waals surface area contributed by atoms with Gasteiger partial charge in [0.1, 0.15) is 0 Å². The number of halogens is 3. The van der Waals surface area contributed by atoms with Gasteiger partial charge < -0.3 is 10.6 Å². The number of likely N-dealkylation sites (N-methyl/N-ethyl adjacent to an activating group) is 1. The van der Waals surface area contributed by atoms with Crippen LogP contribution in [0.3, 0.4) is 0 Å². The minimum absolute atomic E-state index is 0.128. The highest BCUT2D eigenvalue weighted by molar-refractivity contribution is 5.96. The number of anilines is 2. The zero-order chi connectivity index (χ0) is 24.6. The first-order valence-electron chi connectivity index (χ1n) is 10.9. The molecule has 3 aromatic rings. The quantitative estimate of drug-likeness (QED) is 0.425. The molecule has 2 amide bonds. The van der Waals surface area contributed by atoms with E-state index in [0.717, 1.165) is 17.2 Å². The number of alkyl halides is 3. The Morgan fingerprint density at radius 1 is 0.794 bits per heavy atom. The Hall–Kier alpha value is -3.65. The fourth-order valence-corrected chi connectivity index (χ4v) is 3.52. The molecule has 5 nitrogen and oxygen atoms in total. The number of amides is 2. The maximum absolute atomic E-state index is 13.1. The number of nitrogens with zero attached hydrogens (tertiary/aromatic N) is 1. The topological polar surface area (TPSA) is 61.4 Å². The van der Waals surface area contributed by atoms with Gasteiger partial charge in [-0.05, 0) is 30.3 Å². The lowest BCUT2D eigenvalue weighted by molar-refractivity contribution is -0.137. The van der Waals surface area contributed by atoms with Crippen molar-refractivity contribution in [3.8, 4) is 11.1 Å². The van der Waals surface area contributed by atoms with Crippen LogP contribution in [0.2, 0.25) is 0 Å². The molecule has 0 spiro atoms. The van der Waals surface area contributed by atoms with Crippen LogP contribution in [0.15, 0.2) is 78.9 Å². The number of nitrogens with one attached hydrogen (secondary N) is 2. The molecule has 0 saturated carbocycles. The third-order valence-electron chi connectivity index (χ3n) is 5.26. The van der Waals surface area contributed by atoms with Gasteiger partial charge >= 0.3 is 6.18 Å². The van der Waals surface area contributed by atoms with Crippen molar-refractivity contribution in [2.24, 2.45) is 0 Å². The molecule has 0 aliphatic carbocycles. The monoisotopic (exact) mass is 469 g/mol. The minimum atomic E-state index is -4.57. The number of rotatable bonds is 9. The molecule has 0 heterocycles. The van der Waals surface area contributed by atoms with Crippen molar-refractivity contribution in [3.63, 3.8) is 0 Å². The maximum atomic E-state index is 13.1. The Morgan fingerprint density at radius 2 is 1.38 bits per heavy atom. The van der Waals surface area contributed by atoms with Crippen LogP contribution in [0.25, 0.3) is 11.1 Å². The van der Waals surface area contributed by atoms with E-state index in [1.807, 2.05) is 61.5 Å². The van der Waals surface area contributed by atoms with Gasteiger partial charge in [-0.2, -0.15) is 13.2 Å². The Balaban J connectivity index is 1.56. The number of carbonyl (C=O) groups excluding carboxylic acids is 2. The molecule has 0 unspecified atom stereocenters. The van der Waals surface area contributed by atoms with Gasteiger partial charge in [0.25, 0.3) is 0 Å². The molecule has 0 bridgehead atoms. The lowest BCUT2D eigenvalue weighted by Gasteiger charge is -2.20. The lowest BCUT2D eigenvalue weighted by atomic mass is 10.0. The Kier molecular flexibility index (Phi) is 8.43. The molecule has 0 radical (unpaired) electrons. The molecule has 0 aliphatic rings. The van der Waals surface area contributed by atoms with E-state index in [4.69, 9.17) is 0 Å². The third-order valence-corrected chi connectivity index (χ3v) is 5.26. The van der Waals surface area contributed by atoms with Crippen LogP contribution < -0.4 is 10.6 Å². The molecule has 2 N–H and O–H groups in total. The summed E-state index contributed by atoms with van der Waals surface area (Å²) in [4.78, 5) is 26.7. The lowest BCUT2D eigenvalue weighted by Crippen LogP contribution is -2.35. The van der Waals surface area contributed by atoms with Crippen LogP contribution in [0.4, 0.5) is 24.5 Å². The smallest absolute Gasteiger partial charge is 0.325 e. The third kappa shape index (κ3) is 6.92. The second kappa shape index (κ2) is 11.5. The van der Waals surface area contributed by atoms with Gasteiger partial charge in [0.15, 0.2) is 0 Å². The molecule has 0 saturated heterocycles. The predicted octanol–water partition coefficient (Wildman–Crippen LogP) is 5.66. The standard InChI is InChI=1S/C26H26F3N3O2/c1-2-32(18-25(34)31-23-15-9-7-13-21(23)26(27,28)29)17-16-24(33)30-22-14-8-6-12-20(22)19-10-4-3-5-11-19/h3-15H,2,16-18H2,1H3,(H,30,33)(H,31,34). The number of carbonyl (C=O) groups is 2. The number of hydrogen-bond acceptors (Lipinski definition) is 3. The van der Waals surface area contributed by atoms with E-state index in [2.05, 4.69) is 10.6 Å². The van der Waals surface area contributed by atoms with E-state index < -0.39 is 17.6 Å². The van der Waals surface area contributed by atoms with Gasteiger partial charge in [-0.25, -0.2) is 0 Å². The predicted molar refractivity (Wildman–Crippen MR) is 127 cm³/mol. The highest BCUT2D eigenvalue weighted by atomic mass is 19.4. The molecule has 8 heteroatoms. The van der Waals surface area contributed by atoms with Gasteiger partial charge in [-0.15, -0.1) is 0 Å². The molecule has 0 fully saturated rings. The summed E-state index contributed by atoms with van der Waals surface area (Å²) in [5.74, 6) is -0.793. The van der Waals surface area contributed by atoms with Crippen molar-refractivity contribution < 1.29 is 22.8 Å². The highest BCUT2D eigenvalue weighted by Gasteiger charge is 2.33. The van der Waals surface area contributed by atoms with Gasteiger partial charge in [0.2, 0.25) is 11.8 Å². The van der Waals surface area contributed by atoms with E-state index in [-0.39, 0.29) is 31.1 Å². The van der Waals surface area contributed by atoms with E-state index >= 15 is 0 Å². The summed E-state index contributed by atoms with van der Waals surface area (Å²) in [6.07, 6.45) is -4.44. The van der Waals surface area contributed by atoms with Gasteiger partial charge in [-0.1, -0.05) is 67.6 Å². The highest BCUT2D eigenvalue weighted by Crippen LogP contribution is 2.34. The maximum Gasteiger partial charge on any atom is 0.418 e. The number of benzene rings is 3. The SMILES string of the molecule is CCN(CCC(=O)Nc1ccccc1-c1ccccc1)CC(=O)Nc1ccccc1C(F)(F)F. The summed E-state index contributed by atoms with van der Waals surface area (Å²) in [7, 11) is 0. The molecular formula is C26H26F3N3O2. The van der Waals surface area contributed by atoms with Crippen LogP contribution in [-0.4, -0.2) is 36.3 Å². The first kappa shape index (κ1) is 25.0. The molecule has 3 rings (SSSR count). The molecular weight excluding hydrogens is 443 g/mol. The summed E-state index contributed by atoms with van der Waals surface area (Å²) >= 11 is 0. The first-order chi connectivity index (χ1) is 16.3. The summed E-state index contributed by atoms with van der Waals surface area (Å²) in [5.41, 5.74) is 1.37. The van der Waals surface area contributed by atoms with Crippen molar-refractivity contribution >= 4 is 23.2 Å². The van der Waals surface area contributed by atoms with Crippen molar-refractivity contribution in [1.29, 1.82) is 0 Å². The van der Waals surface area contributed by atoms with Crippen LogP contribution in [0, 0.1) is 0 Å². The minimum Gasteiger partial charge on any atom is -0.325 e. The second-order valence-corrected chi connectivity index (χ2v) is 7.67. The molecule has 0 aliphatic heterocycles. The van der Waals surface area contributed by atoms with Crippen molar-refractivity contribution in [2.45, 2.75) is 19.5 Å². The van der Waals surface area contributed by atoms with Crippen molar-refractivity contribution in [1.82, 2.24) is 4.90 Å². The van der Waals surface area contributed by atoms with E-state index in [1.54, 1.807) is 4.90 Å². The normalized spacial score (nSPS) is 11.3. The van der Waals surface area contributed by atoms with Crippen molar-refractivity contribution in [3.05, 3.63) is 84.4 Å². The molecule has 178 valence electrons. The van der Waals surface area contributed by atoms with Gasteiger partial charge in [0.05, 0.1) is 17.8 Å². The molecule has 0 aromatic heterocycles. The summed E-state index contributed by atoms with van der Waals surface area (Å²) < 4.78 is 39.4. The van der Waals surface area contributed by atoms with Crippen LogP contribution in [0.1, 0.15) is 18.9 Å². The average Bonchev–Trinajstić information content (AvgIpc) is 2.82. The van der Waals surface area contributed by atoms with E-state index in [1.165, 1.54) is 18.2 Å². The van der Waals surface area contributed by atoms with Gasteiger partial charge in [-0.3, -0.25) is 14.5 Å². The average molecular weight is 470 g/mol. The fraction of sp³-hybridized carbons (Fsp3) is 0.231. The number of para-hydroxylation sites is 2. The second-order valence-electron chi connectivity index (χ2n) is 7.67. The van der Waals surface area contributed by atoms with Crippen LogP contribution in [0.5, 0.6) is 0 Å². The zero-order valence-corrected chi connectivity index (χ0v) is 18.7. The van der Waals surface area contributed by atoms with Crippen LogP contribution >= 0.6 is 0 Å². The summed E-state index contributed by atoms with van der Waals surface area (Å²) in [6, 6.07) is 22.0. The fourth-order valence-electron chi connectivity index (χ4n) is 3.52. The molecule has 34 heavy (non-hydrogen) atoms. The summed E-state index contributed by atoms with van der Waals surface area (Å²) in [6.45, 7) is 2.43. The van der Waals surface area contributed by atoms with Gasteiger partial charge in [0, 0.05) is 24.2 Å². The van der Waals surface area contributed by atoms with Crippen molar-refractivity contribution in [2.75, 3.05) is 30.3 Å². The zero-order valence-electron chi connectivity index (χ0n) is 18.7. The van der Waals surface area contributed by atoms with Crippen LogP contribution in [-0.2, 0) is 15.8 Å². The first-order valence-corrected chi connectivity index (χ1v) is 10.9. The Bertz CT molecular complexity index is 1120. The number of hydrogen-bond donors (Lipinski definition) is 2. The summed E-state index contributed by atoms with van der Waals surface area (Å²) in [5, 5.41) is 5.25. The Labute approximate surface area is 196 Å². The van der Waals surface area contributed by atoms with E-state index in [0.29, 0.717) is 12.2 Å². The largest absolute Gasteiger partial charge is 0.418 e. The molecule has 0 atom stereocenters.